The van der Waals surface area contributed by atoms with Gasteiger partial charge in [-0.05, 0) is 6.42 Å². The van der Waals surface area contributed by atoms with E-state index in [1.807, 2.05) is 6.92 Å². The van der Waals surface area contributed by atoms with E-state index in [9.17, 15) is 19.2 Å². The highest BCUT2D eigenvalue weighted by atomic mass is 16.4. The van der Waals surface area contributed by atoms with Crippen molar-refractivity contribution in [2.75, 3.05) is 26.2 Å². The molecule has 1 aliphatic heterocycles. The van der Waals surface area contributed by atoms with E-state index < -0.39 is 17.9 Å². The topological polar surface area (TPSA) is 107 Å². The normalized spacial score (nSPS) is 17.1. The first-order valence-corrected chi connectivity index (χ1v) is 6.40. The first-order valence-electron chi connectivity index (χ1n) is 6.40. The average molecular weight is 285 g/mol. The highest BCUT2D eigenvalue weighted by Gasteiger charge is 2.32. The van der Waals surface area contributed by atoms with Gasteiger partial charge in [0, 0.05) is 13.5 Å². The van der Waals surface area contributed by atoms with Gasteiger partial charge in [-0.2, -0.15) is 0 Å². The molecule has 1 heterocycles. The Morgan fingerprint density at radius 1 is 1.25 bits per heavy atom. The molecule has 0 saturated carbocycles. The standard InChI is InChI=1S/C12H19N3O5/c1-3-4-14-6-11(18)15(7-10(14)17)5-9(12(19)20)13-8(2)16/h9H,3-7H2,1-2H3,(H,13,16)(H,19,20). The number of hydrogen-bond acceptors (Lipinski definition) is 4. The first kappa shape index (κ1) is 15.9. The van der Waals surface area contributed by atoms with Gasteiger partial charge < -0.3 is 20.2 Å². The molecule has 1 unspecified atom stereocenters. The van der Waals surface area contributed by atoms with Crippen molar-refractivity contribution in [3.63, 3.8) is 0 Å². The van der Waals surface area contributed by atoms with E-state index in [-0.39, 0.29) is 31.4 Å². The van der Waals surface area contributed by atoms with Crippen molar-refractivity contribution in [2.24, 2.45) is 0 Å². The SMILES string of the molecule is CCCN1CC(=O)N(CC(NC(C)=O)C(=O)O)CC1=O. The predicted molar refractivity (Wildman–Crippen MR) is 68.7 cm³/mol. The molecule has 8 heteroatoms. The van der Waals surface area contributed by atoms with Crippen molar-refractivity contribution >= 4 is 23.7 Å². The van der Waals surface area contributed by atoms with E-state index in [0.717, 1.165) is 6.42 Å². The highest BCUT2D eigenvalue weighted by Crippen LogP contribution is 2.07. The van der Waals surface area contributed by atoms with Crippen molar-refractivity contribution in [2.45, 2.75) is 26.3 Å². The van der Waals surface area contributed by atoms with Crippen LogP contribution in [0.5, 0.6) is 0 Å². The Morgan fingerprint density at radius 3 is 2.30 bits per heavy atom. The van der Waals surface area contributed by atoms with Crippen LogP contribution in [0.3, 0.4) is 0 Å². The Bertz CT molecular complexity index is 423. The number of rotatable bonds is 6. The maximum absolute atomic E-state index is 11.9. The van der Waals surface area contributed by atoms with Crippen LogP contribution in [0.1, 0.15) is 20.3 Å². The third-order valence-corrected chi connectivity index (χ3v) is 2.93. The van der Waals surface area contributed by atoms with Gasteiger partial charge in [0.1, 0.15) is 6.04 Å². The number of carbonyl (C=O) groups is 4. The second kappa shape index (κ2) is 6.88. The minimum Gasteiger partial charge on any atom is -0.480 e. The first-order chi connectivity index (χ1) is 9.35. The zero-order valence-electron chi connectivity index (χ0n) is 11.6. The quantitative estimate of drug-likeness (QED) is 0.628. The van der Waals surface area contributed by atoms with Gasteiger partial charge in [0.25, 0.3) is 0 Å². The molecule has 20 heavy (non-hydrogen) atoms. The molecule has 0 radical (unpaired) electrons. The van der Waals surface area contributed by atoms with E-state index in [0.29, 0.717) is 6.54 Å². The van der Waals surface area contributed by atoms with Crippen molar-refractivity contribution < 1.29 is 24.3 Å². The van der Waals surface area contributed by atoms with E-state index in [1.54, 1.807) is 0 Å². The molecule has 1 saturated heterocycles. The average Bonchev–Trinajstić information content (AvgIpc) is 2.34. The minimum atomic E-state index is -1.24. The summed E-state index contributed by atoms with van der Waals surface area (Å²) in [5.41, 5.74) is 0. The van der Waals surface area contributed by atoms with Gasteiger partial charge in [0.15, 0.2) is 0 Å². The fraction of sp³-hybridized carbons (Fsp3) is 0.667. The highest BCUT2D eigenvalue weighted by molar-refractivity contribution is 5.93. The zero-order chi connectivity index (χ0) is 15.3. The van der Waals surface area contributed by atoms with E-state index in [1.165, 1.54) is 16.7 Å². The van der Waals surface area contributed by atoms with Crippen LogP contribution in [0, 0.1) is 0 Å². The third kappa shape index (κ3) is 4.22. The largest absolute Gasteiger partial charge is 0.480 e. The summed E-state index contributed by atoms with van der Waals surface area (Å²) < 4.78 is 0. The van der Waals surface area contributed by atoms with Gasteiger partial charge in [-0.3, -0.25) is 14.4 Å². The van der Waals surface area contributed by atoms with E-state index in [4.69, 9.17) is 5.11 Å². The molecule has 2 N–H and O–H groups in total. The molecule has 0 aromatic rings. The minimum absolute atomic E-state index is 0.0426. The molecule has 8 nitrogen and oxygen atoms in total. The maximum Gasteiger partial charge on any atom is 0.328 e. The Labute approximate surface area is 116 Å². The van der Waals surface area contributed by atoms with Crippen molar-refractivity contribution in [3.8, 4) is 0 Å². The summed E-state index contributed by atoms with van der Waals surface area (Å²) in [6.07, 6.45) is 0.753. The number of carboxylic acids is 1. The van der Waals surface area contributed by atoms with Gasteiger partial charge in [-0.1, -0.05) is 6.92 Å². The molecule has 0 aromatic carbocycles. The van der Waals surface area contributed by atoms with E-state index in [2.05, 4.69) is 5.32 Å². The summed E-state index contributed by atoms with van der Waals surface area (Å²) in [5, 5.41) is 11.2. The summed E-state index contributed by atoms with van der Waals surface area (Å²) in [6, 6.07) is -1.21. The molecular formula is C12H19N3O5. The van der Waals surface area contributed by atoms with Crippen LogP contribution >= 0.6 is 0 Å². The van der Waals surface area contributed by atoms with Crippen LogP contribution in [-0.4, -0.2) is 70.8 Å². The molecule has 1 fully saturated rings. The number of nitrogens with zero attached hydrogens (tertiary/aromatic N) is 2. The van der Waals surface area contributed by atoms with Gasteiger partial charge in [0.05, 0.1) is 19.6 Å². The van der Waals surface area contributed by atoms with Crippen LogP contribution in [0.2, 0.25) is 0 Å². The van der Waals surface area contributed by atoms with Crippen LogP contribution in [0.4, 0.5) is 0 Å². The number of carbonyl (C=O) groups excluding carboxylic acids is 3. The molecule has 112 valence electrons. The van der Waals surface area contributed by atoms with Gasteiger partial charge >= 0.3 is 5.97 Å². The molecular weight excluding hydrogens is 266 g/mol. The zero-order valence-corrected chi connectivity index (χ0v) is 11.6. The van der Waals surface area contributed by atoms with Crippen molar-refractivity contribution in [3.05, 3.63) is 0 Å². The molecule has 1 aliphatic rings. The second-order valence-electron chi connectivity index (χ2n) is 4.68. The molecule has 1 rings (SSSR count). The Hall–Kier alpha value is -2.12. The predicted octanol–water partition coefficient (Wildman–Crippen LogP) is -1.34. The third-order valence-electron chi connectivity index (χ3n) is 2.93. The lowest BCUT2D eigenvalue weighted by molar-refractivity contribution is -0.152. The molecule has 1 atom stereocenters. The lowest BCUT2D eigenvalue weighted by atomic mass is 10.2. The molecule has 0 aromatic heterocycles. The number of aliphatic carboxylic acids is 1. The number of carboxylic acid groups (broad SMARTS) is 1. The number of piperazine rings is 1. The summed E-state index contributed by atoms with van der Waals surface area (Å²) in [7, 11) is 0. The fourth-order valence-electron chi connectivity index (χ4n) is 1.99. The Balaban J connectivity index is 2.67. The molecule has 0 aliphatic carbocycles. The number of hydrogen-bond donors (Lipinski definition) is 2. The maximum atomic E-state index is 11.9. The second-order valence-corrected chi connectivity index (χ2v) is 4.68. The van der Waals surface area contributed by atoms with Crippen LogP contribution < -0.4 is 5.32 Å². The van der Waals surface area contributed by atoms with Gasteiger partial charge in [-0.25, -0.2) is 4.79 Å². The van der Waals surface area contributed by atoms with Crippen molar-refractivity contribution in [1.29, 1.82) is 0 Å². The number of amides is 3. The van der Waals surface area contributed by atoms with Crippen LogP contribution in [0.15, 0.2) is 0 Å². The summed E-state index contributed by atoms with van der Waals surface area (Å²) in [5.74, 6) is -2.26. The Kier molecular flexibility index (Phi) is 5.48. The summed E-state index contributed by atoms with van der Waals surface area (Å²) >= 11 is 0. The monoisotopic (exact) mass is 285 g/mol. The van der Waals surface area contributed by atoms with Gasteiger partial charge in [0.2, 0.25) is 17.7 Å². The summed E-state index contributed by atoms with van der Waals surface area (Å²) in [6.45, 7) is 3.21. The fourth-order valence-corrected chi connectivity index (χ4v) is 1.99. The van der Waals surface area contributed by atoms with Gasteiger partial charge in [-0.15, -0.1) is 0 Å². The van der Waals surface area contributed by atoms with Crippen molar-refractivity contribution in [1.82, 2.24) is 15.1 Å². The lowest BCUT2D eigenvalue weighted by Crippen LogP contribution is -2.58. The smallest absolute Gasteiger partial charge is 0.328 e. The molecule has 3 amide bonds. The lowest BCUT2D eigenvalue weighted by Gasteiger charge is -2.34. The number of nitrogens with one attached hydrogen (secondary N) is 1. The molecule has 0 bridgehead atoms. The molecule has 0 spiro atoms. The Morgan fingerprint density at radius 2 is 1.80 bits per heavy atom. The summed E-state index contributed by atoms with van der Waals surface area (Å²) in [4.78, 5) is 48.3. The van der Waals surface area contributed by atoms with Crippen LogP contribution in [0.25, 0.3) is 0 Å². The van der Waals surface area contributed by atoms with E-state index >= 15 is 0 Å². The van der Waals surface area contributed by atoms with Crippen LogP contribution in [-0.2, 0) is 19.2 Å².